The van der Waals surface area contributed by atoms with Crippen molar-refractivity contribution in [2.45, 2.75) is 46.1 Å². The Balaban J connectivity index is 1.86. The lowest BCUT2D eigenvalue weighted by molar-refractivity contribution is 0.0793. The van der Waals surface area contributed by atoms with Crippen LogP contribution in [0.1, 0.15) is 59.0 Å². The highest BCUT2D eigenvalue weighted by Crippen LogP contribution is 2.24. The fourth-order valence-corrected chi connectivity index (χ4v) is 3.32. The SMILES string of the molecule is CCCCn1nc(C(=O)Nc2c(C)cccc2C(=O)N2CCCC2)ccc1=O. The predicted octanol–water partition coefficient (Wildman–Crippen LogP) is 2.84. The maximum Gasteiger partial charge on any atom is 0.276 e. The van der Waals surface area contributed by atoms with Crippen molar-refractivity contribution in [3.63, 3.8) is 0 Å². The Morgan fingerprint density at radius 2 is 1.89 bits per heavy atom. The highest BCUT2D eigenvalue weighted by Gasteiger charge is 2.23. The van der Waals surface area contributed by atoms with Crippen molar-refractivity contribution in [3.05, 3.63) is 57.5 Å². The van der Waals surface area contributed by atoms with Gasteiger partial charge in [-0.3, -0.25) is 14.4 Å². The van der Waals surface area contributed by atoms with Crippen LogP contribution in [0.4, 0.5) is 5.69 Å². The number of carbonyl (C=O) groups is 2. The molecule has 2 heterocycles. The van der Waals surface area contributed by atoms with Crippen LogP contribution in [-0.2, 0) is 6.54 Å². The first kappa shape index (κ1) is 19.8. The molecule has 7 nitrogen and oxygen atoms in total. The minimum absolute atomic E-state index is 0.0719. The van der Waals surface area contributed by atoms with Crippen molar-refractivity contribution in [3.8, 4) is 0 Å². The number of unbranched alkanes of at least 4 members (excludes halogenated alkanes) is 1. The summed E-state index contributed by atoms with van der Waals surface area (Å²) in [5, 5.41) is 7.02. The van der Waals surface area contributed by atoms with E-state index in [4.69, 9.17) is 0 Å². The standard InChI is InChI=1S/C21H26N4O3/c1-3-4-14-25-18(26)11-10-17(23-25)20(27)22-19-15(2)8-7-9-16(19)21(28)24-12-5-6-13-24/h7-11H,3-6,12-14H2,1-2H3,(H,22,27). The van der Waals surface area contributed by atoms with E-state index in [9.17, 15) is 14.4 Å². The molecule has 0 atom stereocenters. The van der Waals surface area contributed by atoms with E-state index < -0.39 is 5.91 Å². The van der Waals surface area contributed by atoms with Crippen molar-refractivity contribution >= 4 is 17.5 Å². The number of nitrogens with one attached hydrogen (secondary N) is 1. The molecular formula is C21H26N4O3. The van der Waals surface area contributed by atoms with Crippen LogP contribution in [0.25, 0.3) is 0 Å². The van der Waals surface area contributed by atoms with Gasteiger partial charge in [0, 0.05) is 25.7 Å². The molecule has 3 rings (SSSR count). The van der Waals surface area contributed by atoms with Crippen LogP contribution in [0.2, 0.25) is 0 Å². The summed E-state index contributed by atoms with van der Waals surface area (Å²) in [5.41, 5.74) is 1.70. The molecule has 1 aliphatic heterocycles. The van der Waals surface area contributed by atoms with Crippen LogP contribution >= 0.6 is 0 Å². The second kappa shape index (κ2) is 8.82. The molecule has 0 saturated carbocycles. The lowest BCUT2D eigenvalue weighted by atomic mass is 10.1. The van der Waals surface area contributed by atoms with Crippen LogP contribution in [0.3, 0.4) is 0 Å². The highest BCUT2D eigenvalue weighted by molar-refractivity contribution is 6.08. The molecule has 148 valence electrons. The fraction of sp³-hybridized carbons (Fsp3) is 0.429. The lowest BCUT2D eigenvalue weighted by Gasteiger charge is -2.19. The zero-order valence-electron chi connectivity index (χ0n) is 16.4. The number of nitrogens with zero attached hydrogens (tertiary/aromatic N) is 3. The van der Waals surface area contributed by atoms with E-state index in [-0.39, 0.29) is 17.2 Å². The van der Waals surface area contributed by atoms with Gasteiger partial charge in [0.15, 0.2) is 0 Å². The average Bonchev–Trinajstić information content (AvgIpc) is 3.23. The van der Waals surface area contributed by atoms with E-state index in [0.29, 0.717) is 17.8 Å². The number of likely N-dealkylation sites (tertiary alicyclic amines) is 1. The van der Waals surface area contributed by atoms with Crippen LogP contribution in [0.15, 0.2) is 35.1 Å². The zero-order valence-corrected chi connectivity index (χ0v) is 16.4. The monoisotopic (exact) mass is 382 g/mol. The molecule has 2 aromatic rings. The van der Waals surface area contributed by atoms with Gasteiger partial charge in [-0.05, 0) is 43.9 Å². The highest BCUT2D eigenvalue weighted by atomic mass is 16.2. The average molecular weight is 382 g/mol. The van der Waals surface area contributed by atoms with Gasteiger partial charge in [-0.15, -0.1) is 0 Å². The van der Waals surface area contributed by atoms with Gasteiger partial charge in [-0.1, -0.05) is 25.5 Å². The number of hydrogen-bond donors (Lipinski definition) is 1. The van der Waals surface area contributed by atoms with Crippen LogP contribution < -0.4 is 10.9 Å². The van der Waals surface area contributed by atoms with Crippen LogP contribution in [0, 0.1) is 6.92 Å². The topological polar surface area (TPSA) is 84.3 Å². The second-order valence-corrected chi connectivity index (χ2v) is 7.08. The second-order valence-electron chi connectivity index (χ2n) is 7.08. The van der Waals surface area contributed by atoms with Crippen molar-refractivity contribution < 1.29 is 9.59 Å². The Bertz CT molecular complexity index is 929. The molecule has 1 aromatic heterocycles. The first-order valence-electron chi connectivity index (χ1n) is 9.79. The lowest BCUT2D eigenvalue weighted by Crippen LogP contribution is -2.30. The van der Waals surface area contributed by atoms with Gasteiger partial charge in [0.2, 0.25) is 0 Å². The van der Waals surface area contributed by atoms with E-state index in [1.54, 1.807) is 6.07 Å². The summed E-state index contributed by atoms with van der Waals surface area (Å²) >= 11 is 0. The first-order valence-corrected chi connectivity index (χ1v) is 9.79. The summed E-state index contributed by atoms with van der Waals surface area (Å²) in [7, 11) is 0. The summed E-state index contributed by atoms with van der Waals surface area (Å²) in [5.74, 6) is -0.507. The molecule has 0 bridgehead atoms. The molecule has 1 aromatic carbocycles. The summed E-state index contributed by atoms with van der Waals surface area (Å²) in [6.45, 7) is 5.83. The van der Waals surface area contributed by atoms with Crippen molar-refractivity contribution in [1.29, 1.82) is 0 Å². The largest absolute Gasteiger partial charge is 0.339 e. The summed E-state index contributed by atoms with van der Waals surface area (Å²) < 4.78 is 1.31. The van der Waals surface area contributed by atoms with Gasteiger partial charge in [0.1, 0.15) is 5.69 Å². The molecule has 0 unspecified atom stereocenters. The number of rotatable bonds is 6. The summed E-state index contributed by atoms with van der Waals surface area (Å²) in [6.07, 6.45) is 3.74. The maximum atomic E-state index is 12.9. The Morgan fingerprint density at radius 3 is 2.61 bits per heavy atom. The smallest absolute Gasteiger partial charge is 0.276 e. The Labute approximate surface area is 164 Å². The summed E-state index contributed by atoms with van der Waals surface area (Å²) in [4.78, 5) is 39.4. The van der Waals surface area contributed by atoms with Crippen LogP contribution in [-0.4, -0.2) is 39.6 Å². The molecule has 1 fully saturated rings. The number of anilines is 1. The number of benzene rings is 1. The zero-order chi connectivity index (χ0) is 20.1. The maximum absolute atomic E-state index is 12.9. The number of aromatic nitrogens is 2. The molecule has 1 aliphatic rings. The van der Waals surface area contributed by atoms with Gasteiger partial charge in [-0.25, -0.2) is 4.68 Å². The number of aryl methyl sites for hydroxylation is 2. The number of carbonyl (C=O) groups excluding carboxylic acids is 2. The molecule has 7 heteroatoms. The Morgan fingerprint density at radius 1 is 1.14 bits per heavy atom. The molecule has 1 saturated heterocycles. The van der Waals surface area contributed by atoms with E-state index in [1.165, 1.54) is 16.8 Å². The van der Waals surface area contributed by atoms with Crippen molar-refractivity contribution in [2.75, 3.05) is 18.4 Å². The Hall–Kier alpha value is -2.96. The molecule has 0 spiro atoms. The third-order valence-electron chi connectivity index (χ3n) is 4.96. The molecule has 1 N–H and O–H groups in total. The normalized spacial score (nSPS) is 13.6. The van der Waals surface area contributed by atoms with Crippen LogP contribution in [0.5, 0.6) is 0 Å². The minimum atomic E-state index is -0.435. The number of para-hydroxylation sites is 1. The number of hydrogen-bond acceptors (Lipinski definition) is 4. The minimum Gasteiger partial charge on any atom is -0.339 e. The van der Waals surface area contributed by atoms with E-state index >= 15 is 0 Å². The quantitative estimate of drug-likeness (QED) is 0.833. The molecular weight excluding hydrogens is 356 g/mol. The van der Waals surface area contributed by atoms with Crippen molar-refractivity contribution in [2.24, 2.45) is 0 Å². The molecule has 2 amide bonds. The fourth-order valence-electron chi connectivity index (χ4n) is 3.32. The first-order chi connectivity index (χ1) is 13.5. The number of amides is 2. The van der Waals surface area contributed by atoms with E-state index in [2.05, 4.69) is 10.4 Å². The third kappa shape index (κ3) is 4.30. The predicted molar refractivity (Wildman–Crippen MR) is 108 cm³/mol. The van der Waals surface area contributed by atoms with Gasteiger partial charge < -0.3 is 10.2 Å². The van der Waals surface area contributed by atoms with Gasteiger partial charge in [-0.2, -0.15) is 5.10 Å². The molecule has 0 radical (unpaired) electrons. The Kier molecular flexibility index (Phi) is 6.23. The van der Waals surface area contributed by atoms with E-state index in [0.717, 1.165) is 44.3 Å². The van der Waals surface area contributed by atoms with Gasteiger partial charge in [0.25, 0.3) is 17.4 Å². The van der Waals surface area contributed by atoms with E-state index in [1.807, 2.05) is 30.9 Å². The van der Waals surface area contributed by atoms with Crippen molar-refractivity contribution in [1.82, 2.24) is 14.7 Å². The van der Waals surface area contributed by atoms with Gasteiger partial charge in [0.05, 0.1) is 11.3 Å². The molecule has 0 aliphatic carbocycles. The summed E-state index contributed by atoms with van der Waals surface area (Å²) in [6, 6.07) is 8.17. The van der Waals surface area contributed by atoms with Gasteiger partial charge >= 0.3 is 0 Å². The molecule has 28 heavy (non-hydrogen) atoms. The third-order valence-corrected chi connectivity index (χ3v) is 4.96.